The number of hydrogen-bond donors (Lipinski definition) is 2. The summed E-state index contributed by atoms with van der Waals surface area (Å²) in [5.74, 6) is 1.99. The van der Waals surface area contributed by atoms with Crippen molar-refractivity contribution in [2.24, 2.45) is 4.99 Å². The lowest BCUT2D eigenvalue weighted by Gasteiger charge is -2.33. The minimum absolute atomic E-state index is 0.568. The Bertz CT molecular complexity index is 559. The molecule has 138 valence electrons. The number of piperazine rings is 1. The van der Waals surface area contributed by atoms with E-state index in [9.17, 15) is 0 Å². The minimum atomic E-state index is 0.568. The van der Waals surface area contributed by atoms with E-state index in [0.717, 1.165) is 44.5 Å². The van der Waals surface area contributed by atoms with Gasteiger partial charge in [0, 0.05) is 52.0 Å². The van der Waals surface area contributed by atoms with Crippen LogP contribution < -0.4 is 15.5 Å². The van der Waals surface area contributed by atoms with Crippen molar-refractivity contribution in [3.8, 4) is 0 Å². The molecule has 0 radical (unpaired) electrons. The SMILES string of the molecule is CN=C(NCc1ccnc(N2CCN(C)CC2)c1)NC1CCCCC1. The number of aliphatic imine (C=N–C) groups is 1. The van der Waals surface area contributed by atoms with Crippen LogP contribution in [0.25, 0.3) is 0 Å². The molecule has 0 unspecified atom stereocenters. The molecule has 0 amide bonds. The van der Waals surface area contributed by atoms with Gasteiger partial charge in [-0.2, -0.15) is 0 Å². The van der Waals surface area contributed by atoms with Crippen molar-refractivity contribution in [2.45, 2.75) is 44.7 Å². The largest absolute Gasteiger partial charge is 0.354 e. The molecule has 1 saturated heterocycles. The van der Waals surface area contributed by atoms with Crippen LogP contribution in [-0.2, 0) is 6.54 Å². The molecule has 1 saturated carbocycles. The van der Waals surface area contributed by atoms with Crippen molar-refractivity contribution >= 4 is 11.8 Å². The van der Waals surface area contributed by atoms with E-state index in [0.29, 0.717) is 6.04 Å². The fourth-order valence-electron chi connectivity index (χ4n) is 3.60. The van der Waals surface area contributed by atoms with E-state index in [-0.39, 0.29) is 0 Å². The molecule has 0 spiro atoms. The van der Waals surface area contributed by atoms with Gasteiger partial charge in [-0.05, 0) is 37.6 Å². The zero-order valence-electron chi connectivity index (χ0n) is 15.7. The molecule has 1 aromatic rings. The highest BCUT2D eigenvalue weighted by atomic mass is 15.3. The van der Waals surface area contributed by atoms with E-state index in [1.165, 1.54) is 37.7 Å². The van der Waals surface area contributed by atoms with Gasteiger partial charge in [-0.15, -0.1) is 0 Å². The van der Waals surface area contributed by atoms with Gasteiger partial charge in [-0.25, -0.2) is 4.98 Å². The number of aromatic nitrogens is 1. The summed E-state index contributed by atoms with van der Waals surface area (Å²) >= 11 is 0. The zero-order chi connectivity index (χ0) is 17.5. The number of pyridine rings is 1. The Hall–Kier alpha value is -1.82. The molecule has 2 heterocycles. The van der Waals surface area contributed by atoms with Crippen LogP contribution in [0, 0.1) is 0 Å². The lowest BCUT2D eigenvalue weighted by Crippen LogP contribution is -2.45. The smallest absolute Gasteiger partial charge is 0.191 e. The van der Waals surface area contributed by atoms with E-state index in [1.54, 1.807) is 0 Å². The molecule has 1 aliphatic heterocycles. The van der Waals surface area contributed by atoms with Gasteiger partial charge < -0.3 is 20.4 Å². The van der Waals surface area contributed by atoms with Gasteiger partial charge in [0.25, 0.3) is 0 Å². The zero-order valence-corrected chi connectivity index (χ0v) is 15.7. The number of anilines is 1. The summed E-state index contributed by atoms with van der Waals surface area (Å²) in [7, 11) is 4.02. The number of nitrogens with one attached hydrogen (secondary N) is 2. The van der Waals surface area contributed by atoms with Crippen molar-refractivity contribution in [3.63, 3.8) is 0 Å². The van der Waals surface area contributed by atoms with Gasteiger partial charge in [0.05, 0.1) is 0 Å². The predicted octanol–water partition coefficient (Wildman–Crippen LogP) is 1.83. The standard InChI is InChI=1S/C19H32N6/c1-20-19(23-17-6-4-3-5-7-17)22-15-16-8-9-21-18(14-16)25-12-10-24(2)11-13-25/h8-9,14,17H,3-7,10-13,15H2,1-2H3,(H2,20,22,23). The van der Waals surface area contributed by atoms with Gasteiger partial charge in [0.15, 0.2) is 5.96 Å². The van der Waals surface area contributed by atoms with Gasteiger partial charge in [0.2, 0.25) is 0 Å². The second-order valence-electron chi connectivity index (χ2n) is 7.22. The molecule has 6 nitrogen and oxygen atoms in total. The van der Waals surface area contributed by atoms with Crippen LogP contribution in [0.3, 0.4) is 0 Å². The number of nitrogens with zero attached hydrogens (tertiary/aromatic N) is 4. The molecule has 0 aromatic carbocycles. The maximum atomic E-state index is 4.56. The lowest BCUT2D eigenvalue weighted by atomic mass is 9.96. The summed E-state index contributed by atoms with van der Waals surface area (Å²) in [6.07, 6.45) is 8.45. The van der Waals surface area contributed by atoms with Crippen LogP contribution in [0.2, 0.25) is 0 Å². The van der Waals surface area contributed by atoms with E-state index in [1.807, 2.05) is 13.2 Å². The second kappa shape index (κ2) is 9.04. The first-order chi connectivity index (χ1) is 12.2. The highest BCUT2D eigenvalue weighted by Gasteiger charge is 2.16. The second-order valence-corrected chi connectivity index (χ2v) is 7.22. The summed E-state index contributed by atoms with van der Waals surface area (Å²) in [6.45, 7) is 5.07. The monoisotopic (exact) mass is 344 g/mol. The van der Waals surface area contributed by atoms with Gasteiger partial charge in [0.1, 0.15) is 5.82 Å². The minimum Gasteiger partial charge on any atom is -0.354 e. The number of rotatable bonds is 4. The summed E-state index contributed by atoms with van der Waals surface area (Å²) < 4.78 is 0. The van der Waals surface area contributed by atoms with Crippen LogP contribution in [0.1, 0.15) is 37.7 Å². The summed E-state index contributed by atoms with van der Waals surface area (Å²) in [6, 6.07) is 4.85. The first-order valence-electron chi connectivity index (χ1n) is 9.60. The predicted molar refractivity (Wildman–Crippen MR) is 104 cm³/mol. The fraction of sp³-hybridized carbons (Fsp3) is 0.684. The summed E-state index contributed by atoms with van der Waals surface area (Å²) in [5, 5.41) is 7.02. The molecule has 1 aliphatic carbocycles. The van der Waals surface area contributed by atoms with Gasteiger partial charge in [-0.1, -0.05) is 19.3 Å². The molecular formula is C19H32N6. The third kappa shape index (κ3) is 5.33. The Kier molecular flexibility index (Phi) is 6.50. The quantitative estimate of drug-likeness (QED) is 0.645. The van der Waals surface area contributed by atoms with Crippen LogP contribution in [0.4, 0.5) is 5.82 Å². The third-order valence-corrected chi connectivity index (χ3v) is 5.27. The van der Waals surface area contributed by atoms with Crippen LogP contribution in [0.5, 0.6) is 0 Å². The van der Waals surface area contributed by atoms with Crippen LogP contribution in [-0.4, -0.2) is 62.2 Å². The molecule has 0 atom stereocenters. The van der Waals surface area contributed by atoms with E-state index < -0.39 is 0 Å². The Morgan fingerprint density at radius 2 is 1.96 bits per heavy atom. The van der Waals surface area contributed by atoms with E-state index >= 15 is 0 Å². The van der Waals surface area contributed by atoms with Crippen molar-refractivity contribution in [1.82, 2.24) is 20.5 Å². The van der Waals surface area contributed by atoms with Crippen LogP contribution >= 0.6 is 0 Å². The van der Waals surface area contributed by atoms with Gasteiger partial charge >= 0.3 is 0 Å². The van der Waals surface area contributed by atoms with E-state index in [2.05, 4.69) is 49.6 Å². The van der Waals surface area contributed by atoms with E-state index in [4.69, 9.17) is 0 Å². The topological polar surface area (TPSA) is 55.8 Å². The molecule has 2 fully saturated rings. The van der Waals surface area contributed by atoms with Crippen molar-refractivity contribution in [1.29, 1.82) is 0 Å². The molecule has 0 bridgehead atoms. The highest BCUT2D eigenvalue weighted by molar-refractivity contribution is 5.80. The molecule has 6 heteroatoms. The summed E-state index contributed by atoms with van der Waals surface area (Å²) in [4.78, 5) is 13.7. The Morgan fingerprint density at radius 3 is 2.68 bits per heavy atom. The average Bonchev–Trinajstić information content (AvgIpc) is 2.67. The van der Waals surface area contributed by atoms with Crippen molar-refractivity contribution in [2.75, 3.05) is 45.2 Å². The first kappa shape index (κ1) is 18.0. The summed E-state index contributed by atoms with van der Waals surface area (Å²) in [5.41, 5.74) is 1.25. The molecular weight excluding hydrogens is 312 g/mol. The maximum absolute atomic E-state index is 4.56. The Morgan fingerprint density at radius 1 is 1.20 bits per heavy atom. The fourth-order valence-corrected chi connectivity index (χ4v) is 3.60. The molecule has 2 aliphatic rings. The number of guanidine groups is 1. The molecule has 25 heavy (non-hydrogen) atoms. The Labute approximate surface area is 151 Å². The molecule has 1 aromatic heterocycles. The molecule has 3 rings (SSSR count). The normalized spacial score (nSPS) is 20.6. The Balaban J connectivity index is 1.52. The van der Waals surface area contributed by atoms with Gasteiger partial charge in [-0.3, -0.25) is 4.99 Å². The number of likely N-dealkylation sites (N-methyl/N-ethyl adjacent to an activating group) is 1. The molecule has 2 N–H and O–H groups in total. The van der Waals surface area contributed by atoms with Crippen LogP contribution in [0.15, 0.2) is 23.3 Å². The first-order valence-corrected chi connectivity index (χ1v) is 9.60. The number of hydrogen-bond acceptors (Lipinski definition) is 4. The average molecular weight is 345 g/mol. The highest BCUT2D eigenvalue weighted by Crippen LogP contribution is 2.17. The maximum Gasteiger partial charge on any atom is 0.191 e. The van der Waals surface area contributed by atoms with Crippen molar-refractivity contribution in [3.05, 3.63) is 23.9 Å². The van der Waals surface area contributed by atoms with Crippen molar-refractivity contribution < 1.29 is 0 Å². The third-order valence-electron chi connectivity index (χ3n) is 5.27. The lowest BCUT2D eigenvalue weighted by molar-refractivity contribution is 0.312.